The molecule has 0 aliphatic rings. The Morgan fingerprint density at radius 2 is 1.00 bits per heavy atom. The van der Waals surface area contributed by atoms with Crippen LogP contribution in [-0.4, -0.2) is 10.2 Å². The van der Waals surface area contributed by atoms with Crippen molar-refractivity contribution in [2.45, 2.75) is 0 Å². The summed E-state index contributed by atoms with van der Waals surface area (Å²) in [7, 11) is 0. The largest absolute Gasteiger partial charge is 2.00 e. The van der Waals surface area contributed by atoms with Gasteiger partial charge in [-0.2, -0.15) is 0 Å². The second-order valence-electron chi connectivity index (χ2n) is 0.596. The van der Waals surface area contributed by atoms with Crippen molar-refractivity contribution in [3.05, 3.63) is 20.2 Å². The summed E-state index contributed by atoms with van der Waals surface area (Å²) in [6, 6.07) is 0. The molecule has 0 radical (unpaired) electrons. The first-order valence-corrected chi connectivity index (χ1v) is 1.43. The zero-order chi connectivity index (χ0) is 8.57. The Morgan fingerprint density at radius 1 is 0.909 bits per heavy atom. The minimum absolute atomic E-state index is 0. The van der Waals surface area contributed by atoms with Crippen LogP contribution in [0.5, 0.6) is 0 Å². The Balaban J connectivity index is -0.000000107. The molecule has 0 aromatic rings. The van der Waals surface area contributed by atoms with Crippen LogP contribution in [-0.2, 0) is 26.5 Å². The van der Waals surface area contributed by atoms with Gasteiger partial charge in [-0.05, 0) is 0 Å². The molecular weight excluding hydrogens is 215 g/mol. The molecule has 0 atom stereocenters. The predicted molar refractivity (Wildman–Crippen MR) is 16.2 cm³/mol. The molecule has 0 rings (SSSR count). The second kappa shape index (κ2) is 11.6. The van der Waals surface area contributed by atoms with Crippen LogP contribution >= 0.6 is 0 Å². The van der Waals surface area contributed by atoms with E-state index in [1.54, 1.807) is 0 Å². The van der Waals surface area contributed by atoms with Crippen LogP contribution in [0.1, 0.15) is 0 Å². The van der Waals surface area contributed by atoms with Crippen LogP contribution < -0.4 is 10.5 Å². The summed E-state index contributed by atoms with van der Waals surface area (Å²) in [5.41, 5.74) is 0. The molecule has 0 heterocycles. The van der Waals surface area contributed by atoms with Crippen LogP contribution in [0, 0.1) is 20.2 Å². The third-order valence-corrected chi connectivity index (χ3v) is 0.122. The fourth-order valence-electron chi connectivity index (χ4n) is 0. The molecule has 11 heteroatoms. The van der Waals surface area contributed by atoms with Gasteiger partial charge in [-0.15, -0.1) is 20.2 Å². The molecule has 0 fully saturated rings. The Kier molecular flexibility index (Phi) is 17.3. The zero-order valence-electron chi connectivity index (χ0n) is 4.48. The van der Waals surface area contributed by atoms with E-state index >= 15 is 0 Å². The van der Waals surface area contributed by atoms with E-state index in [-0.39, 0.29) is 16.5 Å². The number of hydrogen-bond donors (Lipinski definition) is 0. The standard InChI is InChI=1S/2HNO4.Ni/c2*2-1(3)5-4;/h2*4H;/q;;+2/p-2. The van der Waals surface area contributed by atoms with Gasteiger partial charge in [0.15, 0.2) is 0 Å². The summed E-state index contributed by atoms with van der Waals surface area (Å²) in [5, 5.41) is 31.3. The molecule has 0 spiro atoms. The third kappa shape index (κ3) is 51.7. The first kappa shape index (κ1) is 16.4. The van der Waals surface area contributed by atoms with Gasteiger partial charge >= 0.3 is 16.5 Å². The van der Waals surface area contributed by atoms with Crippen LogP contribution in [0.4, 0.5) is 0 Å². The van der Waals surface area contributed by atoms with E-state index < -0.39 is 10.2 Å². The van der Waals surface area contributed by atoms with E-state index in [0.717, 1.165) is 0 Å². The van der Waals surface area contributed by atoms with Crippen molar-refractivity contribution in [2.24, 2.45) is 0 Å². The molecule has 0 saturated carbocycles. The smallest absolute Gasteiger partial charge is 0.694 e. The molecule has 11 heavy (non-hydrogen) atoms. The van der Waals surface area contributed by atoms with E-state index in [2.05, 4.69) is 9.98 Å². The van der Waals surface area contributed by atoms with E-state index in [1.165, 1.54) is 0 Å². The summed E-state index contributed by atoms with van der Waals surface area (Å²) in [4.78, 5) is 21.7. The van der Waals surface area contributed by atoms with Gasteiger partial charge < -0.3 is 20.5 Å². The van der Waals surface area contributed by atoms with Crippen molar-refractivity contribution < 1.29 is 47.2 Å². The van der Waals surface area contributed by atoms with Crippen molar-refractivity contribution in [3.8, 4) is 0 Å². The molecule has 0 unspecified atom stereocenters. The minimum Gasteiger partial charge on any atom is -0.694 e. The van der Waals surface area contributed by atoms with Crippen LogP contribution in [0.3, 0.4) is 0 Å². The van der Waals surface area contributed by atoms with Gasteiger partial charge in [0, 0.05) is 0 Å². The Labute approximate surface area is 68.3 Å². The van der Waals surface area contributed by atoms with Gasteiger partial charge in [0.2, 0.25) is 0 Å². The van der Waals surface area contributed by atoms with Gasteiger partial charge in [-0.3, -0.25) is 0 Å². The van der Waals surface area contributed by atoms with Crippen molar-refractivity contribution in [2.75, 3.05) is 0 Å². The van der Waals surface area contributed by atoms with Gasteiger partial charge in [0.05, 0.1) is 0 Å². The third-order valence-electron chi connectivity index (χ3n) is 0.122. The SMILES string of the molecule is O=[N+]([O-])O[O-].O=[N+]([O-])O[O-].[Ni+2]. The quantitative estimate of drug-likeness (QED) is 0.203. The molecule has 0 aliphatic heterocycles. The van der Waals surface area contributed by atoms with Gasteiger partial charge in [0.25, 0.3) is 10.2 Å². The average Bonchev–Trinajstić information content (AvgIpc) is 1.89. The topological polar surface area (TPSA) is 151 Å². The summed E-state index contributed by atoms with van der Waals surface area (Å²) in [6.45, 7) is 0. The Bertz CT molecular complexity index is 96.7. The second-order valence-corrected chi connectivity index (χ2v) is 0.596. The first-order valence-electron chi connectivity index (χ1n) is 1.43. The average molecular weight is 215 g/mol. The predicted octanol–water partition coefficient (Wildman–Crippen LogP) is -3.06. The minimum atomic E-state index is -1.43. The first-order chi connectivity index (χ1) is 4.54. The molecule has 0 aromatic heterocycles. The van der Waals surface area contributed by atoms with Crippen molar-refractivity contribution in [1.82, 2.24) is 0 Å². The Hall–Kier alpha value is -1.19. The maximum atomic E-state index is 8.64. The van der Waals surface area contributed by atoms with Crippen molar-refractivity contribution in [1.29, 1.82) is 0 Å². The molecule has 0 bridgehead atoms. The van der Waals surface area contributed by atoms with E-state index in [1.807, 2.05) is 0 Å². The Morgan fingerprint density at radius 3 is 1.00 bits per heavy atom. The van der Waals surface area contributed by atoms with Crippen LogP contribution in [0.15, 0.2) is 0 Å². The molecule has 68 valence electrons. The van der Waals surface area contributed by atoms with Crippen molar-refractivity contribution >= 4 is 0 Å². The molecule has 0 saturated heterocycles. The molecule has 10 nitrogen and oxygen atoms in total. The molecular formula is N2NiO8. The normalized spacial score (nSPS) is 6.00. The van der Waals surface area contributed by atoms with Crippen LogP contribution in [0.2, 0.25) is 0 Å². The summed E-state index contributed by atoms with van der Waals surface area (Å²) >= 11 is 0. The number of hydrogen-bond acceptors (Lipinski definition) is 8. The van der Waals surface area contributed by atoms with Crippen LogP contribution in [0.25, 0.3) is 0 Å². The molecule has 0 N–H and O–H groups in total. The maximum Gasteiger partial charge on any atom is 2.00 e. The van der Waals surface area contributed by atoms with E-state index in [9.17, 15) is 0 Å². The van der Waals surface area contributed by atoms with Crippen molar-refractivity contribution in [3.63, 3.8) is 0 Å². The van der Waals surface area contributed by atoms with Gasteiger partial charge in [-0.1, -0.05) is 0 Å². The summed E-state index contributed by atoms with van der Waals surface area (Å²) in [5.74, 6) is 0. The monoisotopic (exact) mass is 214 g/mol. The number of rotatable bonds is 2. The summed E-state index contributed by atoms with van der Waals surface area (Å²) in [6.07, 6.45) is 0. The fraction of sp³-hybridized carbons (Fsp3) is 0. The zero-order valence-corrected chi connectivity index (χ0v) is 5.46. The van der Waals surface area contributed by atoms with Gasteiger partial charge in [-0.25, -0.2) is 0 Å². The molecule has 0 aromatic carbocycles. The molecule has 0 aliphatic carbocycles. The summed E-state index contributed by atoms with van der Waals surface area (Å²) < 4.78 is 0. The fourth-order valence-corrected chi connectivity index (χ4v) is 0. The maximum absolute atomic E-state index is 8.64. The van der Waals surface area contributed by atoms with E-state index in [0.29, 0.717) is 0 Å². The van der Waals surface area contributed by atoms with Gasteiger partial charge in [0.1, 0.15) is 0 Å². The van der Waals surface area contributed by atoms with E-state index in [4.69, 9.17) is 30.7 Å². The number of nitrogens with zero attached hydrogens (tertiary/aromatic N) is 2. The molecule has 0 amide bonds.